The van der Waals surface area contributed by atoms with Gasteiger partial charge in [-0.1, -0.05) is 13.8 Å². The zero-order valence-electron chi connectivity index (χ0n) is 8.85. The molecule has 0 saturated carbocycles. The minimum absolute atomic E-state index is 0.479. The second-order valence-electron chi connectivity index (χ2n) is 4.28. The van der Waals surface area contributed by atoms with E-state index >= 15 is 0 Å². The quantitative estimate of drug-likeness (QED) is 0.642. The highest BCUT2D eigenvalue weighted by atomic mass is 16.3. The number of nitrogens with one attached hydrogen (secondary N) is 1. The van der Waals surface area contributed by atoms with E-state index in [1.54, 1.807) is 0 Å². The zero-order valence-corrected chi connectivity index (χ0v) is 8.85. The van der Waals surface area contributed by atoms with Gasteiger partial charge in [-0.2, -0.15) is 0 Å². The van der Waals surface area contributed by atoms with Crippen LogP contribution in [-0.2, 0) is 0 Å². The molecule has 0 aliphatic rings. The first kappa shape index (κ1) is 11.9. The SMILES string of the molecule is CNCCC(C)(O)CCC(C)C. The summed E-state index contributed by atoms with van der Waals surface area (Å²) < 4.78 is 0. The average molecular weight is 173 g/mol. The van der Waals surface area contributed by atoms with Crippen molar-refractivity contribution in [1.29, 1.82) is 0 Å². The van der Waals surface area contributed by atoms with Crippen molar-refractivity contribution in [1.82, 2.24) is 5.32 Å². The van der Waals surface area contributed by atoms with Gasteiger partial charge in [0.15, 0.2) is 0 Å². The van der Waals surface area contributed by atoms with Gasteiger partial charge in [0.05, 0.1) is 5.60 Å². The maximum atomic E-state index is 9.85. The molecule has 1 atom stereocenters. The average Bonchev–Trinajstić information content (AvgIpc) is 1.98. The molecule has 12 heavy (non-hydrogen) atoms. The summed E-state index contributed by atoms with van der Waals surface area (Å²) in [6.07, 6.45) is 2.86. The Bertz CT molecular complexity index is 110. The normalized spacial score (nSPS) is 16.5. The molecule has 2 heteroatoms. The van der Waals surface area contributed by atoms with Gasteiger partial charge in [-0.05, 0) is 45.7 Å². The van der Waals surface area contributed by atoms with Crippen LogP contribution in [0.1, 0.15) is 40.0 Å². The Morgan fingerprint density at radius 3 is 2.33 bits per heavy atom. The summed E-state index contributed by atoms with van der Waals surface area (Å²) in [6, 6.07) is 0. The molecule has 0 amide bonds. The molecule has 0 aromatic heterocycles. The molecule has 0 aromatic carbocycles. The van der Waals surface area contributed by atoms with E-state index in [0.29, 0.717) is 5.92 Å². The van der Waals surface area contributed by atoms with Crippen LogP contribution in [0.25, 0.3) is 0 Å². The van der Waals surface area contributed by atoms with Crippen molar-refractivity contribution in [2.75, 3.05) is 13.6 Å². The summed E-state index contributed by atoms with van der Waals surface area (Å²) in [5.41, 5.74) is -0.479. The molecule has 0 rings (SSSR count). The van der Waals surface area contributed by atoms with E-state index in [9.17, 15) is 5.11 Å². The highest BCUT2D eigenvalue weighted by Crippen LogP contribution is 2.18. The molecular weight excluding hydrogens is 150 g/mol. The molecule has 0 fully saturated rings. The lowest BCUT2D eigenvalue weighted by molar-refractivity contribution is 0.0374. The van der Waals surface area contributed by atoms with Gasteiger partial charge < -0.3 is 10.4 Å². The van der Waals surface area contributed by atoms with Crippen molar-refractivity contribution in [3.8, 4) is 0 Å². The van der Waals surface area contributed by atoms with Gasteiger partial charge >= 0.3 is 0 Å². The lowest BCUT2D eigenvalue weighted by atomic mass is 9.92. The fourth-order valence-corrected chi connectivity index (χ4v) is 1.12. The van der Waals surface area contributed by atoms with Gasteiger partial charge in [0.1, 0.15) is 0 Å². The molecule has 0 radical (unpaired) electrons. The van der Waals surface area contributed by atoms with Crippen molar-refractivity contribution < 1.29 is 5.11 Å². The highest BCUT2D eigenvalue weighted by molar-refractivity contribution is 4.73. The number of aliphatic hydroxyl groups is 1. The second kappa shape index (κ2) is 5.55. The fraction of sp³-hybridized carbons (Fsp3) is 1.00. The van der Waals surface area contributed by atoms with Crippen molar-refractivity contribution >= 4 is 0 Å². The van der Waals surface area contributed by atoms with Crippen LogP contribution in [0.2, 0.25) is 0 Å². The van der Waals surface area contributed by atoms with Crippen LogP contribution < -0.4 is 5.32 Å². The molecule has 0 aliphatic carbocycles. The van der Waals surface area contributed by atoms with Gasteiger partial charge in [-0.15, -0.1) is 0 Å². The third kappa shape index (κ3) is 6.62. The summed E-state index contributed by atoms with van der Waals surface area (Å²) in [4.78, 5) is 0. The minimum atomic E-state index is -0.479. The zero-order chi connectivity index (χ0) is 9.61. The Kier molecular flexibility index (Phi) is 5.51. The third-order valence-electron chi connectivity index (χ3n) is 2.17. The lowest BCUT2D eigenvalue weighted by Gasteiger charge is -2.23. The Morgan fingerprint density at radius 2 is 1.92 bits per heavy atom. The largest absolute Gasteiger partial charge is 0.390 e. The molecule has 0 spiro atoms. The van der Waals surface area contributed by atoms with E-state index in [2.05, 4.69) is 19.2 Å². The Labute approximate surface area is 76.4 Å². The molecule has 0 aliphatic heterocycles. The van der Waals surface area contributed by atoms with Gasteiger partial charge in [-0.25, -0.2) is 0 Å². The number of hydrogen-bond acceptors (Lipinski definition) is 2. The Balaban J connectivity index is 3.56. The molecule has 1 unspecified atom stereocenters. The Hall–Kier alpha value is -0.0800. The minimum Gasteiger partial charge on any atom is -0.390 e. The first-order valence-corrected chi connectivity index (χ1v) is 4.85. The lowest BCUT2D eigenvalue weighted by Crippen LogP contribution is -2.29. The molecule has 74 valence electrons. The predicted octanol–water partition coefficient (Wildman–Crippen LogP) is 1.78. The molecule has 2 nitrogen and oxygen atoms in total. The van der Waals surface area contributed by atoms with E-state index in [1.165, 1.54) is 0 Å². The smallest absolute Gasteiger partial charge is 0.0632 e. The highest BCUT2D eigenvalue weighted by Gasteiger charge is 2.19. The van der Waals surface area contributed by atoms with E-state index < -0.39 is 5.60 Å². The van der Waals surface area contributed by atoms with Gasteiger partial charge in [0, 0.05) is 0 Å². The summed E-state index contributed by atoms with van der Waals surface area (Å²) in [7, 11) is 1.92. The number of rotatable bonds is 6. The topological polar surface area (TPSA) is 32.3 Å². The molecule has 0 saturated heterocycles. The van der Waals surface area contributed by atoms with Crippen LogP contribution in [0, 0.1) is 5.92 Å². The maximum absolute atomic E-state index is 9.85. The molecule has 0 heterocycles. The second-order valence-corrected chi connectivity index (χ2v) is 4.28. The molecule has 2 N–H and O–H groups in total. The molecule has 0 aromatic rings. The summed E-state index contributed by atoms with van der Waals surface area (Å²) in [5.74, 6) is 0.686. The van der Waals surface area contributed by atoms with E-state index in [-0.39, 0.29) is 0 Å². The Morgan fingerprint density at radius 1 is 1.33 bits per heavy atom. The summed E-state index contributed by atoms with van der Waals surface area (Å²) >= 11 is 0. The van der Waals surface area contributed by atoms with Crippen LogP contribution in [0.15, 0.2) is 0 Å². The monoisotopic (exact) mass is 173 g/mol. The fourth-order valence-electron chi connectivity index (χ4n) is 1.12. The van der Waals surface area contributed by atoms with Crippen LogP contribution >= 0.6 is 0 Å². The van der Waals surface area contributed by atoms with Crippen molar-refractivity contribution in [3.05, 3.63) is 0 Å². The number of hydrogen-bond donors (Lipinski definition) is 2. The van der Waals surface area contributed by atoms with Gasteiger partial charge in [0.2, 0.25) is 0 Å². The standard InChI is InChI=1S/C10H23NO/c1-9(2)5-6-10(3,12)7-8-11-4/h9,11-12H,5-8H2,1-4H3. The maximum Gasteiger partial charge on any atom is 0.0632 e. The first-order valence-electron chi connectivity index (χ1n) is 4.85. The van der Waals surface area contributed by atoms with E-state index in [4.69, 9.17) is 0 Å². The van der Waals surface area contributed by atoms with E-state index in [1.807, 2.05) is 14.0 Å². The predicted molar refractivity (Wildman–Crippen MR) is 53.2 cm³/mol. The third-order valence-corrected chi connectivity index (χ3v) is 2.17. The summed E-state index contributed by atoms with van der Waals surface area (Å²) in [6.45, 7) is 7.19. The van der Waals surface area contributed by atoms with Gasteiger partial charge in [0.25, 0.3) is 0 Å². The van der Waals surface area contributed by atoms with E-state index in [0.717, 1.165) is 25.8 Å². The first-order chi connectivity index (χ1) is 5.48. The van der Waals surface area contributed by atoms with Crippen molar-refractivity contribution in [2.24, 2.45) is 5.92 Å². The van der Waals surface area contributed by atoms with Crippen LogP contribution in [0.3, 0.4) is 0 Å². The molecular formula is C10H23NO. The van der Waals surface area contributed by atoms with Crippen LogP contribution in [0.4, 0.5) is 0 Å². The van der Waals surface area contributed by atoms with Gasteiger partial charge in [-0.3, -0.25) is 0 Å². The molecule has 0 bridgehead atoms. The summed E-state index contributed by atoms with van der Waals surface area (Å²) in [5, 5.41) is 12.9. The van der Waals surface area contributed by atoms with Crippen molar-refractivity contribution in [3.63, 3.8) is 0 Å². The van der Waals surface area contributed by atoms with Crippen molar-refractivity contribution in [2.45, 2.75) is 45.6 Å². The van der Waals surface area contributed by atoms with Crippen LogP contribution in [0.5, 0.6) is 0 Å². The van der Waals surface area contributed by atoms with Crippen LogP contribution in [-0.4, -0.2) is 24.3 Å².